The summed E-state index contributed by atoms with van der Waals surface area (Å²) in [6, 6.07) is 8.72. The van der Waals surface area contributed by atoms with Gasteiger partial charge >= 0.3 is 0 Å². The molecule has 0 N–H and O–H groups in total. The van der Waals surface area contributed by atoms with Crippen molar-refractivity contribution in [2.75, 3.05) is 14.2 Å². The van der Waals surface area contributed by atoms with Crippen molar-refractivity contribution in [1.29, 1.82) is 0 Å². The van der Waals surface area contributed by atoms with Crippen LogP contribution in [0.4, 0.5) is 8.78 Å². The number of halogens is 2. The predicted molar refractivity (Wildman–Crippen MR) is 96.1 cm³/mol. The van der Waals surface area contributed by atoms with E-state index in [0.29, 0.717) is 46.6 Å². The molecule has 0 bridgehead atoms. The highest BCUT2D eigenvalue weighted by atomic mass is 19.1. The molecule has 0 atom stereocenters. The summed E-state index contributed by atoms with van der Waals surface area (Å²) in [5.74, 6) is -0.0324. The Bertz CT molecular complexity index is 840. The lowest BCUT2D eigenvalue weighted by molar-refractivity contribution is -0.111. The monoisotopic (exact) mass is 356 g/mol. The van der Waals surface area contributed by atoms with Gasteiger partial charge in [-0.15, -0.1) is 0 Å². The van der Waals surface area contributed by atoms with Crippen LogP contribution >= 0.6 is 0 Å². The number of hydrogen-bond acceptors (Lipinski definition) is 3. The van der Waals surface area contributed by atoms with Gasteiger partial charge in [-0.3, -0.25) is 4.79 Å². The number of benzene rings is 2. The second-order valence-corrected chi connectivity index (χ2v) is 5.94. The fraction of sp³-hybridized carbons (Fsp3) is 0.190. The highest BCUT2D eigenvalue weighted by Crippen LogP contribution is 2.31. The summed E-state index contributed by atoms with van der Waals surface area (Å²) in [6.45, 7) is 0. The molecule has 0 aliphatic heterocycles. The van der Waals surface area contributed by atoms with Crippen LogP contribution in [0.1, 0.15) is 24.0 Å². The van der Waals surface area contributed by atoms with Crippen molar-refractivity contribution in [3.8, 4) is 11.5 Å². The molecule has 2 aromatic rings. The van der Waals surface area contributed by atoms with Crippen molar-refractivity contribution in [2.45, 2.75) is 12.8 Å². The van der Waals surface area contributed by atoms with Crippen molar-refractivity contribution >= 4 is 17.9 Å². The van der Waals surface area contributed by atoms with Crippen molar-refractivity contribution in [3.05, 3.63) is 70.3 Å². The largest absolute Gasteiger partial charge is 0.497 e. The molecule has 26 heavy (non-hydrogen) atoms. The molecule has 134 valence electrons. The lowest BCUT2D eigenvalue weighted by Gasteiger charge is -2.04. The minimum absolute atomic E-state index is 0.200. The molecular formula is C21H18F2O3. The van der Waals surface area contributed by atoms with Crippen LogP contribution in [0, 0.1) is 11.6 Å². The Morgan fingerprint density at radius 3 is 1.62 bits per heavy atom. The van der Waals surface area contributed by atoms with Crippen molar-refractivity contribution < 1.29 is 23.0 Å². The molecular weight excluding hydrogens is 338 g/mol. The van der Waals surface area contributed by atoms with E-state index in [1.165, 1.54) is 50.6 Å². The number of allylic oxidation sites excluding steroid dienone is 2. The molecule has 5 heteroatoms. The van der Waals surface area contributed by atoms with E-state index in [1.54, 1.807) is 12.1 Å². The summed E-state index contributed by atoms with van der Waals surface area (Å²) in [5.41, 5.74) is 1.57. The van der Waals surface area contributed by atoms with Gasteiger partial charge in [0, 0.05) is 22.3 Å². The van der Waals surface area contributed by atoms with E-state index in [1.807, 2.05) is 0 Å². The van der Waals surface area contributed by atoms with E-state index in [2.05, 4.69) is 0 Å². The van der Waals surface area contributed by atoms with Crippen LogP contribution in [0.3, 0.4) is 0 Å². The van der Waals surface area contributed by atoms with Gasteiger partial charge in [0.2, 0.25) is 0 Å². The van der Waals surface area contributed by atoms with Gasteiger partial charge in [0.1, 0.15) is 23.1 Å². The summed E-state index contributed by atoms with van der Waals surface area (Å²) in [7, 11) is 2.99. The van der Waals surface area contributed by atoms with Gasteiger partial charge in [-0.05, 0) is 61.4 Å². The van der Waals surface area contributed by atoms with Gasteiger partial charge in [-0.2, -0.15) is 0 Å². The zero-order chi connectivity index (χ0) is 18.7. The first-order valence-electron chi connectivity index (χ1n) is 8.14. The molecule has 3 rings (SSSR count). The normalized spacial score (nSPS) is 17.2. The molecule has 0 unspecified atom stereocenters. The van der Waals surface area contributed by atoms with E-state index in [9.17, 15) is 13.6 Å². The van der Waals surface area contributed by atoms with E-state index >= 15 is 0 Å². The Labute approximate surface area is 150 Å². The van der Waals surface area contributed by atoms with Gasteiger partial charge in [-0.1, -0.05) is 0 Å². The summed E-state index contributed by atoms with van der Waals surface area (Å²) in [4.78, 5) is 12.6. The third-order valence-corrected chi connectivity index (χ3v) is 4.31. The fourth-order valence-electron chi connectivity index (χ4n) is 2.87. The lowest BCUT2D eigenvalue weighted by atomic mass is 10.1. The minimum Gasteiger partial charge on any atom is -0.497 e. The summed E-state index contributed by atoms with van der Waals surface area (Å²) in [5, 5.41) is 0. The molecule has 0 amide bonds. The molecule has 1 fully saturated rings. The van der Waals surface area contributed by atoms with Crippen LogP contribution in [0.15, 0.2) is 47.5 Å². The van der Waals surface area contributed by atoms with Crippen LogP contribution in [0.25, 0.3) is 12.2 Å². The van der Waals surface area contributed by atoms with Gasteiger partial charge in [-0.25, -0.2) is 8.78 Å². The number of Topliss-reactive ketones (excluding diaryl/α,β-unsaturated/α-hetero) is 1. The van der Waals surface area contributed by atoms with Crippen LogP contribution in [0.5, 0.6) is 11.5 Å². The second kappa shape index (κ2) is 7.52. The number of ketones is 1. The van der Waals surface area contributed by atoms with Gasteiger partial charge < -0.3 is 9.47 Å². The first-order valence-corrected chi connectivity index (χ1v) is 8.14. The van der Waals surface area contributed by atoms with Crippen LogP contribution < -0.4 is 9.47 Å². The summed E-state index contributed by atoms with van der Waals surface area (Å²) >= 11 is 0. The number of carbonyl (C=O) groups is 1. The Kier molecular flexibility index (Phi) is 5.16. The molecule has 1 aliphatic rings. The summed E-state index contributed by atoms with van der Waals surface area (Å²) in [6.07, 6.45) is 4.02. The van der Waals surface area contributed by atoms with Gasteiger partial charge in [0.25, 0.3) is 0 Å². The number of carbonyl (C=O) groups excluding carboxylic acids is 1. The molecule has 2 aromatic carbocycles. The SMILES string of the molecule is COc1ccc(F)c(/C=C2\CC/C(=C\c3cc(OC)ccc3F)C2=O)c1. The van der Waals surface area contributed by atoms with E-state index < -0.39 is 11.6 Å². The second-order valence-electron chi connectivity index (χ2n) is 5.94. The minimum atomic E-state index is -0.428. The fourth-order valence-corrected chi connectivity index (χ4v) is 2.87. The molecule has 0 aromatic heterocycles. The quantitative estimate of drug-likeness (QED) is 0.738. The Hall–Kier alpha value is -2.95. The topological polar surface area (TPSA) is 35.5 Å². The van der Waals surface area contributed by atoms with Gasteiger partial charge in [0.05, 0.1) is 14.2 Å². The zero-order valence-electron chi connectivity index (χ0n) is 14.5. The Balaban J connectivity index is 1.91. The lowest BCUT2D eigenvalue weighted by Crippen LogP contribution is -1.97. The molecule has 1 aliphatic carbocycles. The van der Waals surface area contributed by atoms with Crippen LogP contribution in [0.2, 0.25) is 0 Å². The van der Waals surface area contributed by atoms with Crippen LogP contribution in [-0.2, 0) is 4.79 Å². The highest BCUT2D eigenvalue weighted by Gasteiger charge is 2.24. The predicted octanol–water partition coefficient (Wildman–Crippen LogP) is 4.81. The third kappa shape index (κ3) is 3.67. The van der Waals surface area contributed by atoms with E-state index in [0.717, 1.165) is 0 Å². The number of hydrogen-bond donors (Lipinski definition) is 0. The molecule has 0 radical (unpaired) electrons. The highest BCUT2D eigenvalue weighted by molar-refractivity contribution is 6.15. The molecule has 3 nitrogen and oxygen atoms in total. The molecule has 1 saturated carbocycles. The molecule has 0 heterocycles. The number of methoxy groups -OCH3 is 2. The maximum absolute atomic E-state index is 14.0. The van der Waals surface area contributed by atoms with Gasteiger partial charge in [0.15, 0.2) is 5.78 Å². The van der Waals surface area contributed by atoms with E-state index in [4.69, 9.17) is 9.47 Å². The standard InChI is InChI=1S/C21H18F2O3/c1-25-17-5-7-19(22)15(11-17)9-13-3-4-14(21(13)24)10-16-12-18(26-2)6-8-20(16)23/h5-12H,3-4H2,1-2H3/b13-9+,14-10+. The first-order chi connectivity index (χ1) is 12.5. The third-order valence-electron chi connectivity index (χ3n) is 4.31. The maximum atomic E-state index is 14.0. The summed E-state index contributed by atoms with van der Waals surface area (Å²) < 4.78 is 38.1. The van der Waals surface area contributed by atoms with Crippen molar-refractivity contribution in [3.63, 3.8) is 0 Å². The first kappa shape index (κ1) is 17.9. The van der Waals surface area contributed by atoms with Crippen LogP contribution in [-0.4, -0.2) is 20.0 Å². The number of rotatable bonds is 4. The smallest absolute Gasteiger partial charge is 0.185 e. The zero-order valence-corrected chi connectivity index (χ0v) is 14.5. The Morgan fingerprint density at radius 2 is 1.23 bits per heavy atom. The average Bonchev–Trinajstić information content (AvgIpc) is 2.98. The van der Waals surface area contributed by atoms with Crippen molar-refractivity contribution in [1.82, 2.24) is 0 Å². The molecule has 0 saturated heterocycles. The van der Waals surface area contributed by atoms with Crippen molar-refractivity contribution in [2.24, 2.45) is 0 Å². The average molecular weight is 356 g/mol. The van der Waals surface area contributed by atoms with E-state index in [-0.39, 0.29) is 5.78 Å². The maximum Gasteiger partial charge on any atom is 0.185 e. The molecule has 0 spiro atoms. The Morgan fingerprint density at radius 1 is 0.808 bits per heavy atom. The number of ether oxygens (including phenoxy) is 2.